The number of benzene rings is 2. The maximum absolute atomic E-state index is 11.9. The predicted molar refractivity (Wildman–Crippen MR) is 62.2 cm³/mol. The number of anilines is 1. The van der Waals surface area contributed by atoms with Gasteiger partial charge in [0, 0.05) is 5.69 Å². The molecule has 2 amide bonds. The normalized spacial score (nSPS) is 11.3. The van der Waals surface area contributed by atoms with Gasteiger partial charge in [-0.15, -0.1) is 0 Å². The first-order chi connectivity index (χ1) is 8.44. The van der Waals surface area contributed by atoms with Gasteiger partial charge < -0.3 is 5.32 Å². The fraction of sp³-hybridized carbons (Fsp3) is 0.0833. The molecular weight excluding hydrogens is 245 g/mol. The Morgan fingerprint density at radius 1 is 1.00 bits per heavy atom. The number of rotatable bonds is 1. The molecule has 0 unspecified atom stereocenters. The Kier molecular flexibility index (Phi) is 3.10. The molecule has 0 radical (unpaired) electrons. The van der Waals surface area contributed by atoms with Crippen LogP contribution < -0.4 is 10.6 Å². The molecule has 0 aliphatic rings. The van der Waals surface area contributed by atoms with Crippen molar-refractivity contribution in [3.8, 4) is 0 Å². The predicted octanol–water partition coefficient (Wildman–Crippen LogP) is 3.48. The van der Waals surface area contributed by atoms with Crippen LogP contribution in [0.4, 0.5) is 23.7 Å². The van der Waals surface area contributed by atoms with E-state index in [0.717, 1.165) is 16.1 Å². The van der Waals surface area contributed by atoms with Crippen molar-refractivity contribution in [2.45, 2.75) is 6.30 Å². The van der Waals surface area contributed by atoms with Crippen molar-refractivity contribution in [3.05, 3.63) is 42.5 Å². The van der Waals surface area contributed by atoms with Crippen LogP contribution in [0.2, 0.25) is 0 Å². The summed E-state index contributed by atoms with van der Waals surface area (Å²) in [5, 5.41) is 4.77. The molecule has 0 atom stereocenters. The Labute approximate surface area is 101 Å². The van der Waals surface area contributed by atoms with Crippen LogP contribution >= 0.6 is 0 Å². The lowest BCUT2D eigenvalue weighted by atomic mass is 10.1. The Morgan fingerprint density at radius 3 is 2.33 bits per heavy atom. The second-order valence-electron chi connectivity index (χ2n) is 3.64. The molecule has 0 spiro atoms. The van der Waals surface area contributed by atoms with Crippen LogP contribution in [0.25, 0.3) is 10.8 Å². The monoisotopic (exact) mass is 254 g/mol. The smallest absolute Gasteiger partial charge is 0.308 e. The molecule has 0 aliphatic heterocycles. The molecular formula is C12H9F3N2O. The lowest BCUT2D eigenvalue weighted by Crippen LogP contribution is -2.40. The summed E-state index contributed by atoms with van der Waals surface area (Å²) < 4.78 is 35.7. The van der Waals surface area contributed by atoms with E-state index in [1.54, 1.807) is 12.1 Å². The fourth-order valence-electron chi connectivity index (χ4n) is 1.56. The average Bonchev–Trinajstić information content (AvgIpc) is 2.26. The summed E-state index contributed by atoms with van der Waals surface area (Å²) in [4.78, 5) is 11.0. The molecule has 0 saturated carbocycles. The first kappa shape index (κ1) is 12.2. The summed E-state index contributed by atoms with van der Waals surface area (Å²) in [5.41, 5.74) is 0.301. The van der Waals surface area contributed by atoms with Crippen molar-refractivity contribution < 1.29 is 18.0 Å². The van der Waals surface area contributed by atoms with Gasteiger partial charge in [-0.3, -0.25) is 0 Å². The number of carbonyl (C=O) groups is 1. The second kappa shape index (κ2) is 4.56. The molecule has 0 aromatic heterocycles. The minimum Gasteiger partial charge on any atom is -0.308 e. The molecule has 2 aromatic carbocycles. The molecule has 3 nitrogen and oxygen atoms in total. The third-order valence-electron chi connectivity index (χ3n) is 2.26. The number of carbonyl (C=O) groups excluding carboxylic acids is 1. The zero-order chi connectivity index (χ0) is 13.2. The first-order valence-corrected chi connectivity index (χ1v) is 5.09. The molecule has 6 heteroatoms. The van der Waals surface area contributed by atoms with E-state index in [4.69, 9.17) is 0 Å². The van der Waals surface area contributed by atoms with Gasteiger partial charge >= 0.3 is 12.3 Å². The number of halogens is 3. The highest BCUT2D eigenvalue weighted by atomic mass is 19.4. The number of amides is 2. The third-order valence-corrected chi connectivity index (χ3v) is 2.26. The van der Waals surface area contributed by atoms with Crippen LogP contribution in [0, 0.1) is 0 Å². The standard InChI is InChI=1S/C12H9F3N2O/c13-12(14,15)17-11(18)16-10-6-5-8-3-1-2-4-9(8)7-10/h1-7H,(H2,16,17,18). The number of urea groups is 1. The summed E-state index contributed by atoms with van der Waals surface area (Å²) in [6.45, 7) is 0. The van der Waals surface area contributed by atoms with Gasteiger partial charge in [0.15, 0.2) is 0 Å². The Morgan fingerprint density at radius 2 is 1.67 bits per heavy atom. The van der Waals surface area contributed by atoms with Crippen LogP contribution in [0.15, 0.2) is 42.5 Å². The molecule has 94 valence electrons. The first-order valence-electron chi connectivity index (χ1n) is 5.09. The molecule has 0 saturated heterocycles. The molecule has 2 N–H and O–H groups in total. The van der Waals surface area contributed by atoms with E-state index in [1.807, 2.05) is 24.3 Å². The largest absolute Gasteiger partial charge is 0.485 e. The summed E-state index contributed by atoms with van der Waals surface area (Å²) in [6, 6.07) is 10.9. The van der Waals surface area contributed by atoms with Crippen LogP contribution in [0.1, 0.15) is 0 Å². The van der Waals surface area contributed by atoms with Crippen molar-refractivity contribution in [1.82, 2.24) is 5.32 Å². The van der Waals surface area contributed by atoms with E-state index in [2.05, 4.69) is 5.32 Å². The number of hydrogen-bond acceptors (Lipinski definition) is 1. The SMILES string of the molecule is O=C(Nc1ccc2ccccc2c1)NC(F)(F)F. The molecule has 0 fully saturated rings. The van der Waals surface area contributed by atoms with Gasteiger partial charge in [0.05, 0.1) is 0 Å². The summed E-state index contributed by atoms with van der Waals surface area (Å²) in [5.74, 6) is 0. The molecule has 2 rings (SSSR count). The van der Waals surface area contributed by atoms with Gasteiger partial charge in [0.2, 0.25) is 0 Å². The van der Waals surface area contributed by atoms with E-state index >= 15 is 0 Å². The highest BCUT2D eigenvalue weighted by Crippen LogP contribution is 2.19. The van der Waals surface area contributed by atoms with E-state index in [9.17, 15) is 18.0 Å². The lowest BCUT2D eigenvalue weighted by Gasteiger charge is -2.10. The van der Waals surface area contributed by atoms with Crippen LogP contribution in [-0.2, 0) is 0 Å². The quantitative estimate of drug-likeness (QED) is 0.751. The Hall–Kier alpha value is -2.24. The maximum atomic E-state index is 11.9. The second-order valence-corrected chi connectivity index (χ2v) is 3.64. The summed E-state index contributed by atoms with van der Waals surface area (Å²) in [7, 11) is 0. The minimum atomic E-state index is -4.74. The van der Waals surface area contributed by atoms with Gasteiger partial charge in [0.1, 0.15) is 0 Å². The fourth-order valence-corrected chi connectivity index (χ4v) is 1.56. The third kappa shape index (κ3) is 3.13. The van der Waals surface area contributed by atoms with Gasteiger partial charge in [-0.05, 0) is 22.9 Å². The van der Waals surface area contributed by atoms with Gasteiger partial charge in [-0.25, -0.2) is 10.1 Å². The lowest BCUT2D eigenvalue weighted by molar-refractivity contribution is -0.144. The minimum absolute atomic E-state index is 0.301. The van der Waals surface area contributed by atoms with Crippen molar-refractivity contribution in [3.63, 3.8) is 0 Å². The maximum Gasteiger partial charge on any atom is 0.485 e. The average molecular weight is 254 g/mol. The number of fused-ring (bicyclic) bond motifs is 1. The zero-order valence-corrected chi connectivity index (χ0v) is 9.08. The van der Waals surface area contributed by atoms with E-state index < -0.39 is 12.3 Å². The molecule has 0 bridgehead atoms. The van der Waals surface area contributed by atoms with Crippen molar-refractivity contribution >= 4 is 22.5 Å². The number of hydrogen-bond donors (Lipinski definition) is 2. The molecule has 0 heterocycles. The van der Waals surface area contributed by atoms with Crippen molar-refractivity contribution in [2.24, 2.45) is 0 Å². The van der Waals surface area contributed by atoms with E-state index in [1.165, 1.54) is 6.07 Å². The Bertz CT molecular complexity index is 581. The van der Waals surface area contributed by atoms with Crippen LogP contribution in [0.3, 0.4) is 0 Å². The molecule has 18 heavy (non-hydrogen) atoms. The topological polar surface area (TPSA) is 41.1 Å². The van der Waals surface area contributed by atoms with Gasteiger partial charge in [-0.1, -0.05) is 30.3 Å². The zero-order valence-electron chi connectivity index (χ0n) is 9.08. The summed E-state index contributed by atoms with van der Waals surface area (Å²) >= 11 is 0. The van der Waals surface area contributed by atoms with Crippen molar-refractivity contribution in [1.29, 1.82) is 0 Å². The number of nitrogens with one attached hydrogen (secondary N) is 2. The van der Waals surface area contributed by atoms with Crippen LogP contribution in [0.5, 0.6) is 0 Å². The van der Waals surface area contributed by atoms with E-state index in [-0.39, 0.29) is 0 Å². The van der Waals surface area contributed by atoms with E-state index in [0.29, 0.717) is 5.69 Å². The van der Waals surface area contributed by atoms with Gasteiger partial charge in [-0.2, -0.15) is 13.2 Å². The molecule has 2 aromatic rings. The molecule has 0 aliphatic carbocycles. The highest BCUT2D eigenvalue weighted by molar-refractivity contribution is 5.93. The van der Waals surface area contributed by atoms with Crippen LogP contribution in [-0.4, -0.2) is 12.3 Å². The Balaban J connectivity index is 2.15. The van der Waals surface area contributed by atoms with Gasteiger partial charge in [0.25, 0.3) is 0 Å². The summed E-state index contributed by atoms with van der Waals surface area (Å²) in [6.07, 6.45) is -4.74. The highest BCUT2D eigenvalue weighted by Gasteiger charge is 2.29. The number of alkyl halides is 3. The van der Waals surface area contributed by atoms with Crippen molar-refractivity contribution in [2.75, 3.05) is 5.32 Å².